The largest absolute Gasteiger partial charge is 0.485 e. The Morgan fingerprint density at radius 2 is 1.76 bits per heavy atom. The molecule has 2 aromatic carbocycles. The molecule has 3 rings (SSSR count). The van der Waals surface area contributed by atoms with Crippen molar-refractivity contribution in [3.63, 3.8) is 0 Å². The molecule has 2 aromatic rings. The van der Waals surface area contributed by atoms with Crippen LogP contribution in [0.5, 0.6) is 11.5 Å². The molecule has 1 heterocycles. The van der Waals surface area contributed by atoms with Crippen LogP contribution < -0.4 is 20.3 Å². The van der Waals surface area contributed by atoms with E-state index in [1.807, 2.05) is 24.3 Å². The van der Waals surface area contributed by atoms with E-state index in [9.17, 15) is 9.59 Å². The van der Waals surface area contributed by atoms with Crippen molar-refractivity contribution in [2.45, 2.75) is 18.9 Å². The maximum absolute atomic E-state index is 12.1. The van der Waals surface area contributed by atoms with Gasteiger partial charge in [0.15, 0.2) is 11.5 Å². The van der Waals surface area contributed by atoms with E-state index in [1.165, 1.54) is 0 Å². The van der Waals surface area contributed by atoms with Gasteiger partial charge in [-0.3, -0.25) is 20.4 Å². The van der Waals surface area contributed by atoms with Crippen LogP contribution in [0.2, 0.25) is 5.02 Å². The molecule has 0 bridgehead atoms. The highest BCUT2D eigenvalue weighted by Crippen LogP contribution is 2.30. The summed E-state index contributed by atoms with van der Waals surface area (Å²) in [6, 6.07) is 14.4. The summed E-state index contributed by atoms with van der Waals surface area (Å²) >= 11 is 6.05. The van der Waals surface area contributed by atoms with Crippen molar-refractivity contribution in [2.75, 3.05) is 6.61 Å². The van der Waals surface area contributed by atoms with Gasteiger partial charge in [0.05, 0.1) is 0 Å². The molecule has 2 amide bonds. The number of benzene rings is 2. The van der Waals surface area contributed by atoms with Crippen molar-refractivity contribution >= 4 is 23.4 Å². The van der Waals surface area contributed by atoms with E-state index in [0.29, 0.717) is 22.9 Å². The third kappa shape index (κ3) is 4.42. The topological polar surface area (TPSA) is 76.7 Å². The first-order chi connectivity index (χ1) is 12.1. The lowest BCUT2D eigenvalue weighted by Crippen LogP contribution is -2.50. The van der Waals surface area contributed by atoms with Crippen LogP contribution in [-0.2, 0) is 16.0 Å². The number of carbonyl (C=O) groups is 2. The van der Waals surface area contributed by atoms with Crippen LogP contribution in [0.15, 0.2) is 48.5 Å². The lowest BCUT2D eigenvalue weighted by molar-refractivity contribution is -0.135. The van der Waals surface area contributed by atoms with Crippen LogP contribution in [-0.4, -0.2) is 24.5 Å². The Morgan fingerprint density at radius 1 is 1.04 bits per heavy atom. The van der Waals surface area contributed by atoms with E-state index < -0.39 is 12.0 Å². The number of hydrogen-bond acceptors (Lipinski definition) is 4. The molecule has 130 valence electrons. The van der Waals surface area contributed by atoms with Crippen LogP contribution in [0.3, 0.4) is 0 Å². The highest BCUT2D eigenvalue weighted by Gasteiger charge is 2.27. The molecule has 0 saturated heterocycles. The smallest absolute Gasteiger partial charge is 0.283 e. The monoisotopic (exact) mass is 360 g/mol. The summed E-state index contributed by atoms with van der Waals surface area (Å²) in [5, 5.41) is 0.616. The number of aryl methyl sites for hydroxylation is 1. The van der Waals surface area contributed by atoms with Gasteiger partial charge in [0, 0.05) is 11.4 Å². The highest BCUT2D eigenvalue weighted by atomic mass is 35.5. The second kappa shape index (κ2) is 7.90. The first-order valence-corrected chi connectivity index (χ1v) is 8.22. The molecule has 7 heteroatoms. The molecule has 1 aliphatic heterocycles. The molecule has 6 nitrogen and oxygen atoms in total. The molecule has 25 heavy (non-hydrogen) atoms. The number of fused-ring (bicyclic) bond motifs is 1. The van der Waals surface area contributed by atoms with Crippen molar-refractivity contribution in [1.29, 1.82) is 0 Å². The van der Waals surface area contributed by atoms with Crippen molar-refractivity contribution in [1.82, 2.24) is 10.9 Å². The number of para-hydroxylation sites is 2. The predicted octanol–water partition coefficient (Wildman–Crippen LogP) is 2.26. The normalized spacial score (nSPS) is 15.3. The minimum Gasteiger partial charge on any atom is -0.485 e. The van der Waals surface area contributed by atoms with Crippen molar-refractivity contribution < 1.29 is 19.1 Å². The van der Waals surface area contributed by atoms with Gasteiger partial charge in [-0.1, -0.05) is 41.9 Å². The second-order valence-corrected chi connectivity index (χ2v) is 5.90. The fourth-order valence-corrected chi connectivity index (χ4v) is 2.60. The molecular formula is C18H17ClN2O4. The van der Waals surface area contributed by atoms with Crippen LogP contribution in [0.4, 0.5) is 0 Å². The van der Waals surface area contributed by atoms with Gasteiger partial charge in [-0.15, -0.1) is 0 Å². The van der Waals surface area contributed by atoms with E-state index in [4.69, 9.17) is 21.1 Å². The van der Waals surface area contributed by atoms with Gasteiger partial charge in [-0.2, -0.15) is 0 Å². The fourth-order valence-electron chi connectivity index (χ4n) is 2.37. The standard InChI is InChI=1S/C18H17ClN2O4/c19-13-6-2-1-5-12(13)9-10-17(22)20-21-18(23)16-11-24-14-7-3-4-8-15(14)25-16/h1-8,16H,9-11H2,(H,20,22)(H,21,23). The van der Waals surface area contributed by atoms with Gasteiger partial charge in [-0.05, 0) is 30.2 Å². The third-order valence-corrected chi connectivity index (χ3v) is 4.07. The zero-order valence-corrected chi connectivity index (χ0v) is 14.1. The molecule has 0 aliphatic carbocycles. The number of ether oxygens (including phenoxy) is 2. The van der Waals surface area contributed by atoms with E-state index >= 15 is 0 Å². The summed E-state index contributed by atoms with van der Waals surface area (Å²) in [6.45, 7) is 0.0817. The maximum atomic E-state index is 12.1. The van der Waals surface area contributed by atoms with Crippen molar-refractivity contribution in [3.8, 4) is 11.5 Å². The predicted molar refractivity (Wildman–Crippen MR) is 92.4 cm³/mol. The number of nitrogens with one attached hydrogen (secondary N) is 2. The van der Waals surface area contributed by atoms with Crippen LogP contribution >= 0.6 is 11.6 Å². The SMILES string of the molecule is O=C(CCc1ccccc1Cl)NNC(=O)C1COc2ccccc2O1. The second-order valence-electron chi connectivity index (χ2n) is 5.49. The molecular weight excluding hydrogens is 344 g/mol. The average molecular weight is 361 g/mol. The number of rotatable bonds is 4. The summed E-state index contributed by atoms with van der Waals surface area (Å²) in [7, 11) is 0. The lowest BCUT2D eigenvalue weighted by atomic mass is 10.1. The lowest BCUT2D eigenvalue weighted by Gasteiger charge is -2.25. The van der Waals surface area contributed by atoms with Crippen LogP contribution in [0.25, 0.3) is 0 Å². The number of hydrazine groups is 1. The fraction of sp³-hybridized carbons (Fsp3) is 0.222. The maximum Gasteiger partial charge on any atom is 0.283 e. The summed E-state index contributed by atoms with van der Waals surface area (Å²) < 4.78 is 11.0. The summed E-state index contributed by atoms with van der Waals surface area (Å²) in [5.41, 5.74) is 5.61. The third-order valence-electron chi connectivity index (χ3n) is 3.71. The molecule has 1 unspecified atom stereocenters. The molecule has 0 spiro atoms. The molecule has 0 fully saturated rings. The minimum absolute atomic E-state index is 0.0817. The Kier molecular flexibility index (Phi) is 5.40. The summed E-state index contributed by atoms with van der Waals surface area (Å²) in [6.07, 6.45) is -0.133. The summed E-state index contributed by atoms with van der Waals surface area (Å²) in [4.78, 5) is 24.0. The Labute approximate surface area is 150 Å². The summed E-state index contributed by atoms with van der Waals surface area (Å²) in [5.74, 6) is 0.306. The molecule has 0 saturated carbocycles. The van der Waals surface area contributed by atoms with Gasteiger partial charge < -0.3 is 9.47 Å². The zero-order chi connectivity index (χ0) is 17.6. The van der Waals surface area contributed by atoms with E-state index in [-0.39, 0.29) is 18.9 Å². The Balaban J connectivity index is 1.45. The molecule has 2 N–H and O–H groups in total. The number of amides is 2. The Bertz CT molecular complexity index is 781. The van der Waals surface area contributed by atoms with Gasteiger partial charge in [0.25, 0.3) is 5.91 Å². The van der Waals surface area contributed by atoms with E-state index in [2.05, 4.69) is 10.9 Å². The van der Waals surface area contributed by atoms with Crippen LogP contribution in [0.1, 0.15) is 12.0 Å². The highest BCUT2D eigenvalue weighted by molar-refractivity contribution is 6.31. The average Bonchev–Trinajstić information content (AvgIpc) is 2.65. The molecule has 1 aliphatic rings. The number of carbonyl (C=O) groups excluding carboxylic acids is 2. The number of hydrogen-bond donors (Lipinski definition) is 2. The Hall–Kier alpha value is -2.73. The van der Waals surface area contributed by atoms with Gasteiger partial charge in [0.1, 0.15) is 6.61 Å². The van der Waals surface area contributed by atoms with Crippen LogP contribution in [0, 0.1) is 0 Å². The van der Waals surface area contributed by atoms with E-state index in [1.54, 1.807) is 24.3 Å². The quantitative estimate of drug-likeness (QED) is 0.820. The van der Waals surface area contributed by atoms with Gasteiger partial charge in [0.2, 0.25) is 12.0 Å². The first kappa shape index (κ1) is 17.1. The van der Waals surface area contributed by atoms with Crippen molar-refractivity contribution in [2.24, 2.45) is 0 Å². The molecule has 0 radical (unpaired) electrons. The number of halogens is 1. The molecule has 1 atom stereocenters. The zero-order valence-electron chi connectivity index (χ0n) is 13.3. The first-order valence-electron chi connectivity index (χ1n) is 7.84. The van der Waals surface area contributed by atoms with Gasteiger partial charge in [-0.25, -0.2) is 0 Å². The van der Waals surface area contributed by atoms with E-state index in [0.717, 1.165) is 5.56 Å². The molecule has 0 aromatic heterocycles. The van der Waals surface area contributed by atoms with Gasteiger partial charge >= 0.3 is 0 Å². The van der Waals surface area contributed by atoms with Crippen molar-refractivity contribution in [3.05, 3.63) is 59.1 Å². The minimum atomic E-state index is -0.821. The Morgan fingerprint density at radius 3 is 2.56 bits per heavy atom.